The summed E-state index contributed by atoms with van der Waals surface area (Å²) in [7, 11) is 0. The first-order chi connectivity index (χ1) is 6.16. The molecule has 1 atom stereocenters. The molecule has 13 heavy (non-hydrogen) atoms. The lowest BCUT2D eigenvalue weighted by Crippen LogP contribution is -1.95. The van der Waals surface area contributed by atoms with E-state index >= 15 is 0 Å². The van der Waals surface area contributed by atoms with E-state index < -0.39 is 0 Å². The fourth-order valence-corrected chi connectivity index (χ4v) is 0.822. The molecule has 0 aromatic heterocycles. The zero-order valence-electron chi connectivity index (χ0n) is 11.3. The van der Waals surface area contributed by atoms with Crippen LogP contribution < -0.4 is 0 Å². The molecule has 0 spiro atoms. The maximum atomic E-state index is 2.34. The molecule has 0 aliphatic rings. The molecule has 0 nitrogen and oxygen atoms in total. The zero-order valence-corrected chi connectivity index (χ0v) is 11.3. The normalized spacial score (nSPS) is 10.8. The third-order valence-electron chi connectivity index (χ3n) is 1.93. The lowest BCUT2D eigenvalue weighted by Gasteiger charge is -2.09. The lowest BCUT2D eigenvalue weighted by molar-refractivity contribution is 0.441. The molecule has 0 aromatic carbocycles. The fourth-order valence-electron chi connectivity index (χ4n) is 0.822. The predicted octanol–water partition coefficient (Wildman–Crippen LogP) is 5.52. The smallest absolute Gasteiger partial charge is 0.0445 e. The number of rotatable bonds is 4. The summed E-state index contributed by atoms with van der Waals surface area (Å²) in [5.41, 5.74) is 0. The minimum atomic E-state index is 0.888. The molecular formula is C13H32. The Kier molecular flexibility index (Phi) is 25.8. The summed E-state index contributed by atoms with van der Waals surface area (Å²) in [6.07, 6.45) is 4.15. The van der Waals surface area contributed by atoms with Gasteiger partial charge >= 0.3 is 0 Å². The maximum absolute atomic E-state index is 2.34. The Labute approximate surface area is 87.1 Å². The van der Waals surface area contributed by atoms with Gasteiger partial charge in [-0.1, -0.05) is 74.7 Å². The molecule has 0 heteroatoms. The van der Waals surface area contributed by atoms with Crippen LogP contribution in [0.5, 0.6) is 0 Å². The van der Waals surface area contributed by atoms with Gasteiger partial charge in [0.15, 0.2) is 0 Å². The molecule has 0 N–H and O–H groups in total. The standard InChI is InChI=1S/C9H20.2C2H6/c1-5-9(4)7-6-8(2)3;2*1-2/h8-9H,5-7H2,1-4H3;2*1-2H3. The van der Waals surface area contributed by atoms with Crippen molar-refractivity contribution in [1.29, 1.82) is 0 Å². The minimum Gasteiger partial charge on any atom is -0.0683 e. The van der Waals surface area contributed by atoms with Gasteiger partial charge in [0, 0.05) is 0 Å². The van der Waals surface area contributed by atoms with Crippen molar-refractivity contribution < 1.29 is 0 Å². The van der Waals surface area contributed by atoms with Gasteiger partial charge in [-0.15, -0.1) is 0 Å². The van der Waals surface area contributed by atoms with E-state index in [1.54, 1.807) is 0 Å². The van der Waals surface area contributed by atoms with E-state index in [4.69, 9.17) is 0 Å². The van der Waals surface area contributed by atoms with Crippen LogP contribution in [0.25, 0.3) is 0 Å². The Hall–Kier alpha value is 0. The van der Waals surface area contributed by atoms with Gasteiger partial charge in [0.05, 0.1) is 0 Å². The first-order valence-corrected chi connectivity index (χ1v) is 6.16. The van der Waals surface area contributed by atoms with Crippen LogP contribution in [0.3, 0.4) is 0 Å². The van der Waals surface area contributed by atoms with Crippen molar-refractivity contribution in [2.75, 3.05) is 0 Å². The van der Waals surface area contributed by atoms with E-state index in [0.29, 0.717) is 0 Å². The van der Waals surface area contributed by atoms with Crippen LogP contribution in [-0.4, -0.2) is 0 Å². The van der Waals surface area contributed by atoms with Crippen molar-refractivity contribution in [3.8, 4) is 0 Å². The van der Waals surface area contributed by atoms with Crippen LogP contribution in [0, 0.1) is 11.8 Å². The summed E-state index contributed by atoms with van der Waals surface area (Å²) in [5.74, 6) is 1.83. The summed E-state index contributed by atoms with van der Waals surface area (Å²) in [5, 5.41) is 0. The summed E-state index contributed by atoms with van der Waals surface area (Å²) >= 11 is 0. The highest BCUT2D eigenvalue weighted by molar-refractivity contribution is 4.52. The molecule has 0 aliphatic heterocycles. The molecule has 0 aliphatic carbocycles. The van der Waals surface area contributed by atoms with Gasteiger partial charge in [-0.25, -0.2) is 0 Å². The SMILES string of the molecule is CC.CC.CCC(C)CCC(C)C. The van der Waals surface area contributed by atoms with E-state index in [9.17, 15) is 0 Å². The van der Waals surface area contributed by atoms with Gasteiger partial charge in [0.1, 0.15) is 0 Å². The van der Waals surface area contributed by atoms with Crippen molar-refractivity contribution in [2.24, 2.45) is 11.8 Å². The van der Waals surface area contributed by atoms with Crippen molar-refractivity contribution in [2.45, 2.75) is 74.7 Å². The van der Waals surface area contributed by atoms with Crippen LogP contribution in [-0.2, 0) is 0 Å². The Balaban J connectivity index is -0.000000218. The first-order valence-electron chi connectivity index (χ1n) is 6.16. The largest absolute Gasteiger partial charge is 0.0683 e. The van der Waals surface area contributed by atoms with Gasteiger partial charge < -0.3 is 0 Å². The molecule has 0 amide bonds. The first kappa shape index (κ1) is 18.7. The average molecular weight is 188 g/mol. The Morgan fingerprint density at radius 3 is 1.38 bits per heavy atom. The second kappa shape index (κ2) is 17.9. The quantitative estimate of drug-likeness (QED) is 0.545. The van der Waals surface area contributed by atoms with Crippen molar-refractivity contribution in [3.05, 3.63) is 0 Å². The molecule has 0 saturated heterocycles. The van der Waals surface area contributed by atoms with E-state index in [-0.39, 0.29) is 0 Å². The van der Waals surface area contributed by atoms with Crippen molar-refractivity contribution >= 4 is 0 Å². The Bertz CT molecular complexity index is 55.1. The van der Waals surface area contributed by atoms with Gasteiger partial charge in [0.25, 0.3) is 0 Å². The molecule has 0 heterocycles. The van der Waals surface area contributed by atoms with Crippen molar-refractivity contribution in [3.63, 3.8) is 0 Å². The average Bonchev–Trinajstić information content (AvgIpc) is 2.20. The third kappa shape index (κ3) is 24.5. The highest BCUT2D eigenvalue weighted by atomic mass is 14.1. The van der Waals surface area contributed by atoms with Crippen LogP contribution >= 0.6 is 0 Å². The van der Waals surface area contributed by atoms with Crippen LogP contribution in [0.4, 0.5) is 0 Å². The predicted molar refractivity (Wildman–Crippen MR) is 66.2 cm³/mol. The fraction of sp³-hybridized carbons (Fsp3) is 1.00. The minimum absolute atomic E-state index is 0.888. The molecule has 0 radical (unpaired) electrons. The third-order valence-corrected chi connectivity index (χ3v) is 1.93. The monoisotopic (exact) mass is 188 g/mol. The van der Waals surface area contributed by atoms with Crippen molar-refractivity contribution in [1.82, 2.24) is 0 Å². The van der Waals surface area contributed by atoms with Gasteiger partial charge in [-0.2, -0.15) is 0 Å². The molecule has 0 saturated carbocycles. The summed E-state index contributed by atoms with van der Waals surface area (Å²) in [6, 6.07) is 0. The molecule has 1 unspecified atom stereocenters. The Morgan fingerprint density at radius 2 is 1.15 bits per heavy atom. The Morgan fingerprint density at radius 1 is 0.769 bits per heavy atom. The van der Waals surface area contributed by atoms with E-state index in [1.165, 1.54) is 19.3 Å². The van der Waals surface area contributed by atoms with Gasteiger partial charge in [-0.05, 0) is 11.8 Å². The summed E-state index contributed by atoms with van der Waals surface area (Å²) in [4.78, 5) is 0. The molecule has 0 bridgehead atoms. The highest BCUT2D eigenvalue weighted by Gasteiger charge is 1.99. The van der Waals surface area contributed by atoms with E-state index in [2.05, 4.69) is 27.7 Å². The van der Waals surface area contributed by atoms with Crippen LogP contribution in [0.2, 0.25) is 0 Å². The highest BCUT2D eigenvalue weighted by Crippen LogP contribution is 2.13. The topological polar surface area (TPSA) is 0 Å². The molecular weight excluding hydrogens is 156 g/mol. The molecule has 0 aromatic rings. The number of hydrogen-bond acceptors (Lipinski definition) is 0. The molecule has 0 fully saturated rings. The zero-order chi connectivity index (χ0) is 11.3. The molecule has 0 rings (SSSR count). The second-order valence-electron chi connectivity index (χ2n) is 3.48. The second-order valence-corrected chi connectivity index (χ2v) is 3.48. The summed E-state index contributed by atoms with van der Waals surface area (Å²) in [6.45, 7) is 17.2. The lowest BCUT2D eigenvalue weighted by atomic mass is 9.98. The number of hydrogen-bond donors (Lipinski definition) is 0. The summed E-state index contributed by atoms with van der Waals surface area (Å²) < 4.78 is 0. The van der Waals surface area contributed by atoms with E-state index in [1.807, 2.05) is 27.7 Å². The van der Waals surface area contributed by atoms with Crippen LogP contribution in [0.1, 0.15) is 74.7 Å². The van der Waals surface area contributed by atoms with Gasteiger partial charge in [0.2, 0.25) is 0 Å². The van der Waals surface area contributed by atoms with Gasteiger partial charge in [-0.3, -0.25) is 0 Å². The molecule has 84 valence electrons. The maximum Gasteiger partial charge on any atom is -0.0445 e. The van der Waals surface area contributed by atoms with Crippen LogP contribution in [0.15, 0.2) is 0 Å². The van der Waals surface area contributed by atoms with E-state index in [0.717, 1.165) is 11.8 Å².